The van der Waals surface area contributed by atoms with Gasteiger partial charge in [-0.05, 0) is 32.9 Å². The molecular weight excluding hydrogens is 157 g/mol. The molecule has 0 saturated heterocycles. The molecule has 0 nitrogen and oxygen atoms in total. The summed E-state index contributed by atoms with van der Waals surface area (Å²) in [4.78, 5) is 0. The summed E-state index contributed by atoms with van der Waals surface area (Å²) in [7, 11) is 0. The third kappa shape index (κ3) is 10.8. The molecule has 0 aliphatic carbocycles. The first-order valence-corrected chi connectivity index (χ1v) is 0. The minimum atomic E-state index is 0. The molecule has 0 N–H and O–H groups in total. The van der Waals surface area contributed by atoms with Crippen molar-refractivity contribution in [1.82, 2.24) is 0 Å². The molecule has 0 amide bonds. The summed E-state index contributed by atoms with van der Waals surface area (Å²) < 4.78 is 0. The summed E-state index contributed by atoms with van der Waals surface area (Å²) in [5, 5.41) is 0. The van der Waals surface area contributed by atoms with Gasteiger partial charge in [-0.1, -0.05) is 0 Å². The van der Waals surface area contributed by atoms with Crippen molar-refractivity contribution < 1.29 is 1.43 Å². The normalized spacial score (nSPS) is 0. The third-order valence-corrected chi connectivity index (χ3v) is 0. The minimum absolute atomic E-state index is 0. The van der Waals surface area contributed by atoms with Gasteiger partial charge in [-0.3, -0.25) is 0 Å². The number of rotatable bonds is 0. The predicted octanol–water partition coefficient (Wildman–Crippen LogP) is -4.09. The van der Waals surface area contributed by atoms with Crippen LogP contribution in [0.4, 0.5) is 0 Å². The molecule has 0 bridgehead atoms. The predicted molar refractivity (Wildman–Crippen MR) is 38.1 cm³/mol. The molecule has 0 heterocycles. The van der Waals surface area contributed by atoms with Gasteiger partial charge in [-0.15, -0.1) is 0 Å². The van der Waals surface area contributed by atoms with Crippen LogP contribution in [0.5, 0.6) is 0 Å². The topological polar surface area (TPSA) is 0 Å². The van der Waals surface area contributed by atoms with Gasteiger partial charge in [0.2, 0.25) is 0 Å². The smallest absolute Gasteiger partial charge is 0.0125 e. The van der Waals surface area contributed by atoms with Gasteiger partial charge in [-0.2, -0.15) is 0 Å². The van der Waals surface area contributed by atoms with E-state index in [-0.39, 0.29) is 51.9 Å². The van der Waals surface area contributed by atoms with Crippen molar-refractivity contribution >= 4 is 50.5 Å². The van der Waals surface area contributed by atoms with Crippen LogP contribution in [0, 0.1) is 0 Å². The summed E-state index contributed by atoms with van der Waals surface area (Å²) in [5.41, 5.74) is 0. The maximum Gasteiger partial charge on any atom is -0.0125 e. The van der Waals surface area contributed by atoms with Crippen molar-refractivity contribution in [3.05, 3.63) is 0 Å². The van der Waals surface area contributed by atoms with Crippen LogP contribution in [0.3, 0.4) is 0 Å². The standard InChI is InChI=1S/GeH.3H3Si.H/h1H;3*1H3;/q;;;;-1. The molecule has 4 heteroatoms. The second-order valence-electron chi connectivity index (χ2n) is 0. The van der Waals surface area contributed by atoms with Crippen LogP contribution < -0.4 is 0 Å². The van der Waals surface area contributed by atoms with E-state index in [4.69, 9.17) is 0 Å². The molecule has 0 saturated carbocycles. The molecule has 0 aromatic carbocycles. The van der Waals surface area contributed by atoms with Gasteiger partial charge >= 0.3 is 17.6 Å². The number of hydrogen-bond acceptors (Lipinski definition) is 0. The fraction of sp³-hybridized carbons (Fsp3) is 0. The van der Waals surface area contributed by atoms with Gasteiger partial charge < -0.3 is 1.43 Å². The van der Waals surface area contributed by atoms with Crippen LogP contribution in [0.2, 0.25) is 0 Å². The quantitative estimate of drug-likeness (QED) is 0.322. The Morgan fingerprint density at radius 2 is 0.750 bits per heavy atom. The van der Waals surface area contributed by atoms with E-state index in [9.17, 15) is 0 Å². The van der Waals surface area contributed by atoms with Gasteiger partial charge in [-0.25, -0.2) is 0 Å². The van der Waals surface area contributed by atoms with Crippen LogP contribution >= 0.6 is 0 Å². The zero-order chi connectivity index (χ0) is 0. The van der Waals surface area contributed by atoms with Crippen molar-refractivity contribution in [3.8, 4) is 0 Å². The summed E-state index contributed by atoms with van der Waals surface area (Å²) in [5.74, 6) is 0. The Kier molecular flexibility index (Phi) is 481. The summed E-state index contributed by atoms with van der Waals surface area (Å²) in [6.45, 7) is 0. The maximum atomic E-state index is 0. The summed E-state index contributed by atoms with van der Waals surface area (Å²) >= 11 is 0. The van der Waals surface area contributed by atoms with Crippen LogP contribution in [0.15, 0.2) is 0 Å². The second-order valence-corrected chi connectivity index (χ2v) is 0. The van der Waals surface area contributed by atoms with Gasteiger partial charge in [0.1, 0.15) is 0 Å². The van der Waals surface area contributed by atoms with Crippen LogP contribution in [0.25, 0.3) is 0 Å². The van der Waals surface area contributed by atoms with Gasteiger partial charge in [0.05, 0.1) is 0 Å². The first-order valence-electron chi connectivity index (χ1n) is 0. The van der Waals surface area contributed by atoms with E-state index in [1.807, 2.05) is 0 Å². The second kappa shape index (κ2) is 30.0. The summed E-state index contributed by atoms with van der Waals surface area (Å²) in [6, 6.07) is 0. The van der Waals surface area contributed by atoms with E-state index in [0.717, 1.165) is 0 Å². The molecule has 0 unspecified atom stereocenters. The minimum Gasteiger partial charge on any atom is -1.00 e. The molecule has 0 rings (SSSR count). The number of hydrogen-bond donors (Lipinski definition) is 0. The van der Waals surface area contributed by atoms with Crippen molar-refractivity contribution in [2.45, 2.75) is 0 Å². The Morgan fingerprint density at radius 1 is 0.750 bits per heavy atom. The molecule has 4 heavy (non-hydrogen) atoms. The fourth-order valence-corrected chi connectivity index (χ4v) is 0. The van der Waals surface area contributed by atoms with Crippen molar-refractivity contribution in [3.63, 3.8) is 0 Å². The van der Waals surface area contributed by atoms with E-state index in [2.05, 4.69) is 0 Å². The Balaban J connectivity index is 0. The molecule has 0 spiro atoms. The Bertz CT molecular complexity index is 6.85. The first kappa shape index (κ1) is 64.1. The van der Waals surface area contributed by atoms with Crippen LogP contribution in [-0.4, -0.2) is 50.5 Å². The van der Waals surface area contributed by atoms with Gasteiger partial charge in [0, 0.05) is 0 Å². The van der Waals surface area contributed by atoms with Crippen molar-refractivity contribution in [1.29, 1.82) is 0 Å². The molecular formula is H11GeSi3-. The molecule has 0 fully saturated rings. The maximum absolute atomic E-state index is 0. The Hall–Kier alpha value is 1.19. The van der Waals surface area contributed by atoms with E-state index >= 15 is 0 Å². The van der Waals surface area contributed by atoms with Crippen LogP contribution in [-0.2, 0) is 0 Å². The average molecular weight is 168 g/mol. The molecule has 0 aromatic rings. The first-order chi connectivity index (χ1) is 0. The van der Waals surface area contributed by atoms with Crippen molar-refractivity contribution in [2.24, 2.45) is 0 Å². The third-order valence-electron chi connectivity index (χ3n) is 0. The molecule has 28 valence electrons. The largest absolute Gasteiger partial charge is 1.00 e. The van der Waals surface area contributed by atoms with Crippen molar-refractivity contribution in [2.75, 3.05) is 0 Å². The molecule has 0 aliphatic rings. The van der Waals surface area contributed by atoms with E-state index in [1.165, 1.54) is 0 Å². The van der Waals surface area contributed by atoms with Crippen LogP contribution in [0.1, 0.15) is 1.43 Å². The zero-order valence-corrected chi connectivity index (χ0v) is 12.0. The van der Waals surface area contributed by atoms with E-state index in [1.54, 1.807) is 0 Å². The monoisotopic (exact) mass is 169 g/mol. The summed E-state index contributed by atoms with van der Waals surface area (Å²) in [6.07, 6.45) is 0. The molecule has 0 aromatic heterocycles. The van der Waals surface area contributed by atoms with E-state index in [0.29, 0.717) is 0 Å². The molecule has 0 atom stereocenters. The molecule has 6 radical (unpaired) electrons. The average Bonchev–Trinajstić information content (AvgIpc) is 0. The molecule has 0 aliphatic heterocycles. The van der Waals surface area contributed by atoms with Gasteiger partial charge in [0.15, 0.2) is 0 Å². The Morgan fingerprint density at radius 3 is 0.750 bits per heavy atom. The fourth-order valence-electron chi connectivity index (χ4n) is 0. The van der Waals surface area contributed by atoms with E-state index < -0.39 is 0 Å². The SMILES string of the molecule is [GeH].[H-].[SiH3].[SiH3].[SiH3]. The van der Waals surface area contributed by atoms with Gasteiger partial charge in [0.25, 0.3) is 0 Å². The zero-order valence-electron chi connectivity index (χ0n) is 4.58. The Labute approximate surface area is 52.3 Å².